The summed E-state index contributed by atoms with van der Waals surface area (Å²) in [6.45, 7) is 1.95. The van der Waals surface area contributed by atoms with E-state index in [-0.39, 0.29) is 5.91 Å². The highest BCUT2D eigenvalue weighted by molar-refractivity contribution is 5.81. The standard InChI is InChI=1S/C19H28N2O2/c20-18(22)19(10-12-23-13-11-19)14-21-17-9-5-4-8-16(17)15-6-2-1-3-7-15/h1-3,6-7,16-17,21H,4-5,8-14H2,(H2,20,22)/t16-,17+/m0/s1. The number of carbonyl (C=O) groups is 1. The minimum absolute atomic E-state index is 0.180. The van der Waals surface area contributed by atoms with Gasteiger partial charge in [-0.2, -0.15) is 0 Å². The smallest absolute Gasteiger partial charge is 0.225 e. The molecule has 3 N–H and O–H groups in total. The van der Waals surface area contributed by atoms with E-state index in [4.69, 9.17) is 10.5 Å². The number of amides is 1. The van der Waals surface area contributed by atoms with Crippen LogP contribution >= 0.6 is 0 Å². The average molecular weight is 316 g/mol. The maximum Gasteiger partial charge on any atom is 0.225 e. The van der Waals surface area contributed by atoms with Crippen LogP contribution in [0.25, 0.3) is 0 Å². The Hall–Kier alpha value is -1.39. The zero-order valence-electron chi connectivity index (χ0n) is 13.8. The van der Waals surface area contributed by atoms with Crippen molar-refractivity contribution in [2.45, 2.75) is 50.5 Å². The SMILES string of the molecule is NC(=O)C1(CN[C@@H]2CCCC[C@H]2c2ccccc2)CCOCC1. The first kappa shape index (κ1) is 16.5. The molecule has 0 bridgehead atoms. The van der Waals surface area contributed by atoms with Crippen molar-refractivity contribution in [3.05, 3.63) is 35.9 Å². The van der Waals surface area contributed by atoms with Crippen LogP contribution in [-0.4, -0.2) is 31.7 Å². The Morgan fingerprint density at radius 3 is 2.57 bits per heavy atom. The minimum Gasteiger partial charge on any atom is -0.381 e. The van der Waals surface area contributed by atoms with Gasteiger partial charge in [0.1, 0.15) is 0 Å². The molecule has 0 unspecified atom stereocenters. The van der Waals surface area contributed by atoms with Gasteiger partial charge in [-0.3, -0.25) is 4.79 Å². The van der Waals surface area contributed by atoms with Crippen LogP contribution in [0.3, 0.4) is 0 Å². The summed E-state index contributed by atoms with van der Waals surface area (Å²) in [5.41, 5.74) is 6.70. The molecule has 2 aliphatic rings. The van der Waals surface area contributed by atoms with Crippen LogP contribution in [0.2, 0.25) is 0 Å². The molecule has 4 nitrogen and oxygen atoms in total. The number of primary amides is 1. The van der Waals surface area contributed by atoms with E-state index < -0.39 is 5.41 Å². The number of rotatable bonds is 5. The van der Waals surface area contributed by atoms with E-state index >= 15 is 0 Å². The van der Waals surface area contributed by atoms with Crippen LogP contribution in [0.4, 0.5) is 0 Å². The van der Waals surface area contributed by atoms with Crippen LogP contribution in [0.5, 0.6) is 0 Å². The molecule has 1 saturated carbocycles. The second kappa shape index (κ2) is 7.45. The van der Waals surface area contributed by atoms with E-state index in [2.05, 4.69) is 35.6 Å². The summed E-state index contributed by atoms with van der Waals surface area (Å²) in [6, 6.07) is 11.2. The topological polar surface area (TPSA) is 64.4 Å². The van der Waals surface area contributed by atoms with Crippen molar-refractivity contribution in [1.82, 2.24) is 5.32 Å². The molecule has 23 heavy (non-hydrogen) atoms. The summed E-state index contributed by atoms with van der Waals surface area (Å²) >= 11 is 0. The minimum atomic E-state index is -0.434. The largest absolute Gasteiger partial charge is 0.381 e. The molecule has 3 rings (SSSR count). The van der Waals surface area contributed by atoms with Crippen LogP contribution in [0, 0.1) is 5.41 Å². The molecule has 1 aliphatic carbocycles. The Morgan fingerprint density at radius 2 is 1.87 bits per heavy atom. The van der Waals surface area contributed by atoms with Gasteiger partial charge in [0.05, 0.1) is 5.41 Å². The lowest BCUT2D eigenvalue weighted by Crippen LogP contribution is -2.51. The number of nitrogens with one attached hydrogen (secondary N) is 1. The number of carbonyl (C=O) groups excluding carboxylic acids is 1. The zero-order chi connectivity index (χ0) is 16.1. The van der Waals surface area contributed by atoms with Gasteiger partial charge in [-0.25, -0.2) is 0 Å². The zero-order valence-corrected chi connectivity index (χ0v) is 13.8. The fourth-order valence-electron chi connectivity index (χ4n) is 4.07. The molecule has 1 aromatic carbocycles. The van der Waals surface area contributed by atoms with Gasteiger partial charge in [0.25, 0.3) is 0 Å². The molecule has 2 atom stereocenters. The van der Waals surface area contributed by atoms with Crippen LogP contribution < -0.4 is 11.1 Å². The Balaban J connectivity index is 1.68. The number of ether oxygens (including phenoxy) is 1. The number of benzene rings is 1. The first-order chi connectivity index (χ1) is 11.2. The van der Waals surface area contributed by atoms with Gasteiger partial charge in [0, 0.05) is 25.8 Å². The van der Waals surface area contributed by atoms with Crippen molar-refractivity contribution in [1.29, 1.82) is 0 Å². The molecular formula is C19H28N2O2. The summed E-state index contributed by atoms with van der Waals surface area (Å²) < 4.78 is 5.42. The lowest BCUT2D eigenvalue weighted by atomic mass is 9.76. The van der Waals surface area contributed by atoms with Gasteiger partial charge in [0.2, 0.25) is 5.91 Å². The number of hydrogen-bond donors (Lipinski definition) is 2. The van der Waals surface area contributed by atoms with Gasteiger partial charge < -0.3 is 15.8 Å². The Morgan fingerprint density at radius 1 is 1.17 bits per heavy atom. The molecule has 126 valence electrons. The summed E-state index contributed by atoms with van der Waals surface area (Å²) in [7, 11) is 0. The Kier molecular flexibility index (Phi) is 5.34. The maximum atomic E-state index is 12.0. The van der Waals surface area contributed by atoms with Gasteiger partial charge in [-0.15, -0.1) is 0 Å². The number of hydrogen-bond acceptors (Lipinski definition) is 3. The first-order valence-corrected chi connectivity index (χ1v) is 8.87. The van der Waals surface area contributed by atoms with E-state index in [0.717, 1.165) is 12.8 Å². The summed E-state index contributed by atoms with van der Waals surface area (Å²) in [4.78, 5) is 12.0. The molecule has 1 heterocycles. The lowest BCUT2D eigenvalue weighted by molar-refractivity contribution is -0.133. The monoisotopic (exact) mass is 316 g/mol. The fourth-order valence-corrected chi connectivity index (χ4v) is 4.07. The van der Waals surface area contributed by atoms with Crippen molar-refractivity contribution >= 4 is 5.91 Å². The lowest BCUT2D eigenvalue weighted by Gasteiger charge is -2.39. The van der Waals surface area contributed by atoms with Gasteiger partial charge >= 0.3 is 0 Å². The highest BCUT2D eigenvalue weighted by atomic mass is 16.5. The number of nitrogens with two attached hydrogens (primary N) is 1. The van der Waals surface area contributed by atoms with Crippen molar-refractivity contribution in [3.8, 4) is 0 Å². The van der Waals surface area contributed by atoms with Gasteiger partial charge in [-0.1, -0.05) is 43.2 Å². The molecule has 4 heteroatoms. The van der Waals surface area contributed by atoms with E-state index in [1.807, 2.05) is 0 Å². The first-order valence-electron chi connectivity index (χ1n) is 8.87. The fraction of sp³-hybridized carbons (Fsp3) is 0.632. The molecule has 1 aliphatic heterocycles. The molecule has 0 radical (unpaired) electrons. The Labute approximate surface area is 138 Å². The second-order valence-corrected chi connectivity index (χ2v) is 7.05. The third-order valence-electron chi connectivity index (χ3n) is 5.67. The van der Waals surface area contributed by atoms with Crippen molar-refractivity contribution < 1.29 is 9.53 Å². The molecule has 1 saturated heterocycles. The molecule has 0 aromatic heterocycles. The van der Waals surface area contributed by atoms with Crippen molar-refractivity contribution in [2.24, 2.45) is 11.1 Å². The van der Waals surface area contributed by atoms with Gasteiger partial charge in [0.15, 0.2) is 0 Å². The Bertz CT molecular complexity index is 511. The summed E-state index contributed by atoms with van der Waals surface area (Å²) in [5.74, 6) is 0.357. The average Bonchev–Trinajstić information content (AvgIpc) is 2.62. The quantitative estimate of drug-likeness (QED) is 0.877. The molecule has 1 amide bonds. The predicted octanol–water partition coefficient (Wildman–Crippen LogP) is 2.58. The molecule has 2 fully saturated rings. The normalized spacial score (nSPS) is 27.5. The van der Waals surface area contributed by atoms with E-state index in [9.17, 15) is 4.79 Å². The molecule has 1 aromatic rings. The van der Waals surface area contributed by atoms with E-state index in [0.29, 0.717) is 31.7 Å². The predicted molar refractivity (Wildman–Crippen MR) is 91.1 cm³/mol. The van der Waals surface area contributed by atoms with E-state index in [1.165, 1.54) is 31.2 Å². The third kappa shape index (κ3) is 3.75. The van der Waals surface area contributed by atoms with Crippen LogP contribution in [-0.2, 0) is 9.53 Å². The van der Waals surface area contributed by atoms with Gasteiger partial charge in [-0.05, 0) is 37.2 Å². The third-order valence-corrected chi connectivity index (χ3v) is 5.67. The van der Waals surface area contributed by atoms with Crippen LogP contribution in [0.15, 0.2) is 30.3 Å². The van der Waals surface area contributed by atoms with E-state index in [1.54, 1.807) is 0 Å². The van der Waals surface area contributed by atoms with Crippen molar-refractivity contribution in [2.75, 3.05) is 19.8 Å². The van der Waals surface area contributed by atoms with Crippen molar-refractivity contribution in [3.63, 3.8) is 0 Å². The highest BCUT2D eigenvalue weighted by Crippen LogP contribution is 2.35. The second-order valence-electron chi connectivity index (χ2n) is 7.05. The maximum absolute atomic E-state index is 12.0. The molecular weight excluding hydrogens is 288 g/mol. The summed E-state index contributed by atoms with van der Waals surface area (Å²) in [6.07, 6.45) is 6.40. The van der Waals surface area contributed by atoms with Crippen LogP contribution in [0.1, 0.15) is 50.0 Å². The highest BCUT2D eigenvalue weighted by Gasteiger charge is 2.39. The summed E-state index contributed by atoms with van der Waals surface area (Å²) in [5, 5.41) is 3.71. The molecule has 0 spiro atoms.